The van der Waals surface area contributed by atoms with Gasteiger partial charge in [0.15, 0.2) is 5.16 Å². The second-order valence-corrected chi connectivity index (χ2v) is 6.15. The van der Waals surface area contributed by atoms with Crippen LogP contribution in [-0.2, 0) is 10.8 Å². The Morgan fingerprint density at radius 1 is 1.41 bits per heavy atom. The first-order chi connectivity index (χ1) is 8.22. The molecule has 5 nitrogen and oxygen atoms in total. The number of anilines is 2. The molecule has 1 aromatic heterocycles. The summed E-state index contributed by atoms with van der Waals surface area (Å²) in [6, 6.07) is 1.94. The third-order valence-electron chi connectivity index (χ3n) is 2.63. The van der Waals surface area contributed by atoms with Crippen molar-refractivity contribution in [3.05, 3.63) is 6.07 Å². The van der Waals surface area contributed by atoms with E-state index in [0.717, 1.165) is 41.4 Å². The average molecular weight is 272 g/mol. The van der Waals surface area contributed by atoms with Crippen molar-refractivity contribution in [1.29, 1.82) is 0 Å². The van der Waals surface area contributed by atoms with E-state index in [1.807, 2.05) is 19.4 Å². The van der Waals surface area contributed by atoms with Crippen LogP contribution in [0.3, 0.4) is 0 Å². The minimum Gasteiger partial charge on any atom is -0.373 e. The van der Waals surface area contributed by atoms with Crippen molar-refractivity contribution in [3.8, 4) is 0 Å². The maximum absolute atomic E-state index is 11.3. The quantitative estimate of drug-likeness (QED) is 0.649. The molecule has 0 radical (unpaired) electrons. The van der Waals surface area contributed by atoms with E-state index >= 15 is 0 Å². The van der Waals surface area contributed by atoms with E-state index in [1.165, 1.54) is 11.8 Å². The first-order valence-electron chi connectivity index (χ1n) is 5.43. The zero-order valence-electron chi connectivity index (χ0n) is 9.97. The summed E-state index contributed by atoms with van der Waals surface area (Å²) >= 11 is 1.53. The second kappa shape index (κ2) is 5.68. The fourth-order valence-electron chi connectivity index (χ4n) is 1.66. The molecule has 0 unspecified atom stereocenters. The molecule has 1 aromatic rings. The van der Waals surface area contributed by atoms with Gasteiger partial charge >= 0.3 is 0 Å². The van der Waals surface area contributed by atoms with Crippen molar-refractivity contribution < 1.29 is 4.21 Å². The minimum atomic E-state index is -0.655. The highest BCUT2D eigenvalue weighted by molar-refractivity contribution is 7.98. The Morgan fingerprint density at radius 3 is 2.71 bits per heavy atom. The summed E-state index contributed by atoms with van der Waals surface area (Å²) in [5.41, 5.74) is 0. The summed E-state index contributed by atoms with van der Waals surface area (Å²) in [5.74, 6) is 3.21. The van der Waals surface area contributed by atoms with Crippen LogP contribution in [0.25, 0.3) is 0 Å². The zero-order valence-corrected chi connectivity index (χ0v) is 11.6. The standard InChI is InChI=1S/C10H16N4OS2/c1-11-8-7-9(13-10(12-8)16-2)14-3-5-17(15)6-4-14/h7H,3-6H2,1-2H3,(H,11,12,13). The molecular formula is C10H16N4OS2. The summed E-state index contributed by atoms with van der Waals surface area (Å²) in [6.07, 6.45) is 1.96. The summed E-state index contributed by atoms with van der Waals surface area (Å²) in [6.45, 7) is 1.61. The fraction of sp³-hybridized carbons (Fsp3) is 0.600. The van der Waals surface area contributed by atoms with Crippen molar-refractivity contribution in [3.63, 3.8) is 0 Å². The molecule has 0 aliphatic carbocycles. The zero-order chi connectivity index (χ0) is 12.3. The van der Waals surface area contributed by atoms with Crippen LogP contribution in [0.4, 0.5) is 11.6 Å². The molecule has 1 N–H and O–H groups in total. The van der Waals surface area contributed by atoms with Gasteiger partial charge in [-0.05, 0) is 6.26 Å². The Kier molecular flexibility index (Phi) is 4.22. The summed E-state index contributed by atoms with van der Waals surface area (Å²) < 4.78 is 11.3. The molecule has 1 aliphatic heterocycles. The van der Waals surface area contributed by atoms with E-state index in [2.05, 4.69) is 20.2 Å². The van der Waals surface area contributed by atoms with Crippen LogP contribution in [-0.4, -0.2) is 52.1 Å². The summed E-state index contributed by atoms with van der Waals surface area (Å²) in [5, 5.41) is 3.80. The lowest BCUT2D eigenvalue weighted by molar-refractivity contribution is 0.672. The van der Waals surface area contributed by atoms with E-state index < -0.39 is 10.8 Å². The molecular weight excluding hydrogens is 256 g/mol. The van der Waals surface area contributed by atoms with Gasteiger partial charge in [-0.1, -0.05) is 11.8 Å². The van der Waals surface area contributed by atoms with Crippen LogP contribution in [0.1, 0.15) is 0 Å². The van der Waals surface area contributed by atoms with Crippen LogP contribution in [0.2, 0.25) is 0 Å². The van der Waals surface area contributed by atoms with Gasteiger partial charge in [-0.15, -0.1) is 0 Å². The number of hydrogen-bond acceptors (Lipinski definition) is 6. The molecule has 1 fully saturated rings. The first-order valence-corrected chi connectivity index (χ1v) is 8.15. The molecule has 7 heteroatoms. The molecule has 1 aliphatic rings. The number of nitrogens with one attached hydrogen (secondary N) is 1. The predicted octanol–water partition coefficient (Wildman–Crippen LogP) is 0.809. The molecule has 2 heterocycles. The van der Waals surface area contributed by atoms with Gasteiger partial charge in [-0.2, -0.15) is 0 Å². The predicted molar refractivity (Wildman–Crippen MR) is 73.4 cm³/mol. The van der Waals surface area contributed by atoms with Crippen molar-refractivity contribution >= 4 is 34.2 Å². The van der Waals surface area contributed by atoms with Crippen LogP contribution in [0.5, 0.6) is 0 Å². The largest absolute Gasteiger partial charge is 0.373 e. The van der Waals surface area contributed by atoms with Crippen molar-refractivity contribution in [1.82, 2.24) is 9.97 Å². The highest BCUT2D eigenvalue weighted by atomic mass is 32.2. The monoisotopic (exact) mass is 272 g/mol. The van der Waals surface area contributed by atoms with E-state index in [-0.39, 0.29) is 0 Å². The number of rotatable bonds is 3. The third kappa shape index (κ3) is 3.10. The van der Waals surface area contributed by atoms with E-state index in [4.69, 9.17) is 0 Å². The van der Waals surface area contributed by atoms with E-state index in [1.54, 1.807) is 0 Å². The Morgan fingerprint density at radius 2 is 2.12 bits per heavy atom. The smallest absolute Gasteiger partial charge is 0.191 e. The summed E-state index contributed by atoms with van der Waals surface area (Å²) in [4.78, 5) is 11.0. The SMILES string of the molecule is CNc1cc(N2CCS(=O)CC2)nc(SC)n1. The highest BCUT2D eigenvalue weighted by Crippen LogP contribution is 2.21. The lowest BCUT2D eigenvalue weighted by atomic mass is 10.4. The Hall–Kier alpha value is -0.820. The van der Waals surface area contributed by atoms with Crippen molar-refractivity contribution in [2.75, 3.05) is 48.1 Å². The molecule has 0 bridgehead atoms. The van der Waals surface area contributed by atoms with E-state index in [0.29, 0.717) is 0 Å². The highest BCUT2D eigenvalue weighted by Gasteiger charge is 2.17. The minimum absolute atomic E-state index is 0.655. The number of nitrogens with zero attached hydrogens (tertiary/aromatic N) is 3. The van der Waals surface area contributed by atoms with Gasteiger partial charge in [0.05, 0.1) is 0 Å². The molecule has 1 saturated heterocycles. The van der Waals surface area contributed by atoms with Crippen molar-refractivity contribution in [2.45, 2.75) is 5.16 Å². The topological polar surface area (TPSA) is 58.1 Å². The Bertz CT molecular complexity index is 395. The molecule has 0 saturated carbocycles. The molecule has 17 heavy (non-hydrogen) atoms. The molecule has 94 valence electrons. The van der Waals surface area contributed by atoms with Crippen molar-refractivity contribution in [2.24, 2.45) is 0 Å². The second-order valence-electron chi connectivity index (χ2n) is 3.68. The number of aromatic nitrogens is 2. The molecule has 2 rings (SSSR count). The Labute approximate surface area is 108 Å². The van der Waals surface area contributed by atoms with Gasteiger partial charge in [0, 0.05) is 48.5 Å². The molecule has 0 amide bonds. The summed E-state index contributed by atoms with van der Waals surface area (Å²) in [7, 11) is 1.19. The molecule has 0 spiro atoms. The van der Waals surface area contributed by atoms with Gasteiger partial charge in [-0.3, -0.25) is 4.21 Å². The lowest BCUT2D eigenvalue weighted by Crippen LogP contribution is -2.38. The van der Waals surface area contributed by atoms with Gasteiger partial charge < -0.3 is 10.2 Å². The fourth-order valence-corrected chi connectivity index (χ4v) is 3.09. The Balaban J connectivity index is 2.22. The number of hydrogen-bond donors (Lipinski definition) is 1. The van der Waals surface area contributed by atoms with Crippen LogP contribution in [0.15, 0.2) is 11.2 Å². The van der Waals surface area contributed by atoms with Gasteiger partial charge in [0.1, 0.15) is 11.6 Å². The van der Waals surface area contributed by atoms with E-state index in [9.17, 15) is 4.21 Å². The number of thioether (sulfide) groups is 1. The lowest BCUT2D eigenvalue weighted by Gasteiger charge is -2.27. The maximum atomic E-state index is 11.3. The van der Waals surface area contributed by atoms with Crippen LogP contribution in [0, 0.1) is 0 Å². The van der Waals surface area contributed by atoms with Crippen LogP contribution < -0.4 is 10.2 Å². The average Bonchev–Trinajstić information content (AvgIpc) is 2.39. The maximum Gasteiger partial charge on any atom is 0.191 e. The van der Waals surface area contributed by atoms with Gasteiger partial charge in [-0.25, -0.2) is 9.97 Å². The van der Waals surface area contributed by atoms with Gasteiger partial charge in [0.25, 0.3) is 0 Å². The molecule has 0 aromatic carbocycles. The van der Waals surface area contributed by atoms with Crippen LogP contribution >= 0.6 is 11.8 Å². The third-order valence-corrected chi connectivity index (χ3v) is 4.46. The van der Waals surface area contributed by atoms with Gasteiger partial charge in [0.2, 0.25) is 0 Å². The molecule has 0 atom stereocenters. The first kappa shape index (κ1) is 12.6. The normalized spacial score (nSPS) is 17.2.